The maximum atomic E-state index is 11.7. The Labute approximate surface area is 86.0 Å². The number of alkyl halides is 3. The van der Waals surface area contributed by atoms with Crippen LogP contribution in [0.1, 0.15) is 32.6 Å². The molecule has 1 saturated carbocycles. The van der Waals surface area contributed by atoms with Crippen LogP contribution < -0.4 is 5.32 Å². The van der Waals surface area contributed by atoms with Crippen LogP contribution in [0.2, 0.25) is 0 Å². The SMILES string of the molecule is CCC1(NC(=O)OCC(F)(F)F)CCC1. The van der Waals surface area contributed by atoms with Gasteiger partial charge in [0.1, 0.15) is 0 Å². The van der Waals surface area contributed by atoms with Gasteiger partial charge in [-0.2, -0.15) is 13.2 Å². The summed E-state index contributed by atoms with van der Waals surface area (Å²) in [5.41, 5.74) is -0.331. The number of carbonyl (C=O) groups excluding carboxylic acids is 1. The van der Waals surface area contributed by atoms with E-state index in [1.54, 1.807) is 0 Å². The predicted octanol–water partition coefficient (Wildman–Crippen LogP) is 2.61. The fraction of sp³-hybridized carbons (Fsp3) is 0.889. The summed E-state index contributed by atoms with van der Waals surface area (Å²) in [6, 6.07) is 0. The van der Waals surface area contributed by atoms with Crippen molar-refractivity contribution in [2.45, 2.75) is 44.3 Å². The smallest absolute Gasteiger partial charge is 0.422 e. The second-order valence-electron chi connectivity index (χ2n) is 3.80. The van der Waals surface area contributed by atoms with Crippen LogP contribution in [-0.2, 0) is 4.74 Å². The molecule has 1 rings (SSSR count). The monoisotopic (exact) mass is 225 g/mol. The summed E-state index contributed by atoms with van der Waals surface area (Å²) in [6.45, 7) is 0.363. The van der Waals surface area contributed by atoms with E-state index in [1.165, 1.54) is 0 Å². The third-order valence-electron chi connectivity index (χ3n) is 2.72. The first kappa shape index (κ1) is 12.1. The van der Waals surface area contributed by atoms with Crippen LogP contribution in [0, 0.1) is 0 Å². The van der Waals surface area contributed by atoms with Crippen molar-refractivity contribution >= 4 is 6.09 Å². The Balaban J connectivity index is 2.29. The molecule has 0 atom stereocenters. The molecule has 6 heteroatoms. The van der Waals surface area contributed by atoms with Crippen molar-refractivity contribution in [2.24, 2.45) is 0 Å². The molecule has 15 heavy (non-hydrogen) atoms. The first-order valence-corrected chi connectivity index (χ1v) is 4.89. The fourth-order valence-electron chi connectivity index (χ4n) is 1.57. The van der Waals surface area contributed by atoms with E-state index in [2.05, 4.69) is 10.1 Å². The molecule has 0 aromatic rings. The number of halogens is 3. The highest BCUT2D eigenvalue weighted by Gasteiger charge is 2.38. The lowest BCUT2D eigenvalue weighted by Gasteiger charge is -2.41. The van der Waals surface area contributed by atoms with E-state index in [1.807, 2.05) is 6.92 Å². The normalized spacial score (nSPS) is 19.2. The average Bonchev–Trinajstić information content (AvgIpc) is 2.07. The number of carbonyl (C=O) groups is 1. The van der Waals surface area contributed by atoms with Gasteiger partial charge in [-0.05, 0) is 25.7 Å². The molecule has 0 heterocycles. The largest absolute Gasteiger partial charge is 0.440 e. The fourth-order valence-corrected chi connectivity index (χ4v) is 1.57. The van der Waals surface area contributed by atoms with E-state index in [-0.39, 0.29) is 5.54 Å². The van der Waals surface area contributed by atoms with Crippen molar-refractivity contribution < 1.29 is 22.7 Å². The maximum Gasteiger partial charge on any atom is 0.422 e. The number of alkyl carbamates (subject to hydrolysis) is 1. The summed E-state index contributed by atoms with van der Waals surface area (Å²) >= 11 is 0. The molecule has 0 spiro atoms. The Morgan fingerprint density at radius 1 is 1.47 bits per heavy atom. The van der Waals surface area contributed by atoms with Crippen molar-refractivity contribution in [3.8, 4) is 0 Å². The van der Waals surface area contributed by atoms with Gasteiger partial charge in [-0.1, -0.05) is 6.92 Å². The molecule has 1 aliphatic carbocycles. The van der Waals surface area contributed by atoms with Gasteiger partial charge in [-0.25, -0.2) is 4.79 Å². The molecule has 1 amide bonds. The van der Waals surface area contributed by atoms with Crippen LogP contribution in [0.25, 0.3) is 0 Å². The number of hydrogen-bond acceptors (Lipinski definition) is 2. The number of ether oxygens (including phenoxy) is 1. The second-order valence-corrected chi connectivity index (χ2v) is 3.80. The highest BCUT2D eigenvalue weighted by molar-refractivity contribution is 5.68. The molecule has 1 aliphatic rings. The van der Waals surface area contributed by atoms with E-state index in [4.69, 9.17) is 0 Å². The summed E-state index contributed by atoms with van der Waals surface area (Å²) < 4.78 is 39.2. The average molecular weight is 225 g/mol. The molecule has 88 valence electrons. The lowest BCUT2D eigenvalue weighted by atomic mass is 9.75. The Bertz CT molecular complexity index is 230. The summed E-state index contributed by atoms with van der Waals surface area (Å²) in [4.78, 5) is 11.0. The van der Waals surface area contributed by atoms with E-state index in [0.29, 0.717) is 6.42 Å². The Morgan fingerprint density at radius 2 is 2.07 bits per heavy atom. The zero-order chi connectivity index (χ0) is 11.5. The summed E-state index contributed by atoms with van der Waals surface area (Å²) in [6.07, 6.45) is -2.11. The van der Waals surface area contributed by atoms with Crippen LogP contribution in [0.5, 0.6) is 0 Å². The molecule has 0 saturated heterocycles. The van der Waals surface area contributed by atoms with E-state index in [0.717, 1.165) is 19.3 Å². The number of rotatable bonds is 3. The van der Waals surface area contributed by atoms with Gasteiger partial charge >= 0.3 is 12.3 Å². The van der Waals surface area contributed by atoms with Gasteiger partial charge in [-0.3, -0.25) is 0 Å². The minimum atomic E-state index is -4.46. The van der Waals surface area contributed by atoms with Crippen molar-refractivity contribution in [1.82, 2.24) is 5.32 Å². The van der Waals surface area contributed by atoms with Gasteiger partial charge in [0.25, 0.3) is 0 Å². The lowest BCUT2D eigenvalue weighted by Crippen LogP contribution is -2.53. The first-order valence-electron chi connectivity index (χ1n) is 4.89. The van der Waals surface area contributed by atoms with Crippen molar-refractivity contribution in [3.05, 3.63) is 0 Å². The summed E-state index contributed by atoms with van der Waals surface area (Å²) in [7, 11) is 0. The van der Waals surface area contributed by atoms with Crippen molar-refractivity contribution in [2.75, 3.05) is 6.61 Å². The predicted molar refractivity (Wildman–Crippen MR) is 47.4 cm³/mol. The van der Waals surface area contributed by atoms with Crippen LogP contribution >= 0.6 is 0 Å². The maximum absolute atomic E-state index is 11.7. The van der Waals surface area contributed by atoms with Crippen molar-refractivity contribution in [1.29, 1.82) is 0 Å². The van der Waals surface area contributed by atoms with Gasteiger partial charge in [0.2, 0.25) is 0 Å². The Kier molecular flexibility index (Phi) is 3.46. The number of amides is 1. The minimum absolute atomic E-state index is 0.331. The van der Waals surface area contributed by atoms with E-state index < -0.39 is 18.9 Å². The molecule has 0 unspecified atom stereocenters. The lowest BCUT2D eigenvalue weighted by molar-refractivity contribution is -0.160. The number of nitrogens with one attached hydrogen (secondary N) is 1. The van der Waals surface area contributed by atoms with Crippen molar-refractivity contribution in [3.63, 3.8) is 0 Å². The van der Waals surface area contributed by atoms with Gasteiger partial charge in [0.15, 0.2) is 6.61 Å². The topological polar surface area (TPSA) is 38.3 Å². The Hall–Kier alpha value is -0.940. The van der Waals surface area contributed by atoms with Gasteiger partial charge in [0, 0.05) is 5.54 Å². The third-order valence-corrected chi connectivity index (χ3v) is 2.72. The van der Waals surface area contributed by atoms with Crippen LogP contribution in [0.4, 0.5) is 18.0 Å². The highest BCUT2D eigenvalue weighted by Crippen LogP contribution is 2.34. The molecule has 0 bridgehead atoms. The quantitative estimate of drug-likeness (QED) is 0.801. The summed E-state index contributed by atoms with van der Waals surface area (Å²) in [5, 5.41) is 2.49. The molecule has 0 aromatic carbocycles. The minimum Gasteiger partial charge on any atom is -0.440 e. The molecule has 1 fully saturated rings. The van der Waals surface area contributed by atoms with Crippen LogP contribution in [0.15, 0.2) is 0 Å². The molecular weight excluding hydrogens is 211 g/mol. The third kappa shape index (κ3) is 3.60. The van der Waals surface area contributed by atoms with E-state index >= 15 is 0 Å². The van der Waals surface area contributed by atoms with Gasteiger partial charge in [-0.15, -0.1) is 0 Å². The zero-order valence-electron chi connectivity index (χ0n) is 8.49. The molecule has 0 aromatic heterocycles. The van der Waals surface area contributed by atoms with Gasteiger partial charge in [0.05, 0.1) is 0 Å². The highest BCUT2D eigenvalue weighted by atomic mass is 19.4. The molecule has 1 N–H and O–H groups in total. The summed E-state index contributed by atoms with van der Waals surface area (Å²) in [5.74, 6) is 0. The van der Waals surface area contributed by atoms with E-state index in [9.17, 15) is 18.0 Å². The number of hydrogen-bond donors (Lipinski definition) is 1. The molecule has 0 aliphatic heterocycles. The van der Waals surface area contributed by atoms with Crippen LogP contribution in [-0.4, -0.2) is 24.4 Å². The molecular formula is C9H14F3NO2. The second kappa shape index (κ2) is 4.28. The first-order chi connectivity index (χ1) is 6.87. The standard InChI is InChI=1S/C9H14F3NO2/c1-2-8(4-3-5-8)13-7(14)15-6-9(10,11)12/h2-6H2,1H3,(H,13,14). The van der Waals surface area contributed by atoms with Gasteiger partial charge < -0.3 is 10.1 Å². The van der Waals surface area contributed by atoms with Crippen LogP contribution in [0.3, 0.4) is 0 Å². The molecule has 3 nitrogen and oxygen atoms in total. The Morgan fingerprint density at radius 3 is 2.40 bits per heavy atom. The zero-order valence-corrected chi connectivity index (χ0v) is 8.49. The molecule has 0 radical (unpaired) electrons.